The maximum Gasteiger partial charge on any atom is 0.490 e. The van der Waals surface area contributed by atoms with Crippen LogP contribution in [0.5, 0.6) is 0 Å². The van der Waals surface area contributed by atoms with Gasteiger partial charge in [0, 0.05) is 31.9 Å². The van der Waals surface area contributed by atoms with Crippen LogP contribution in [0.1, 0.15) is 25.6 Å². The van der Waals surface area contributed by atoms with Gasteiger partial charge < -0.3 is 74.6 Å². The van der Waals surface area contributed by atoms with Crippen molar-refractivity contribution < 1.29 is 104 Å². The molecule has 0 aliphatic carbocycles. The van der Waals surface area contributed by atoms with Crippen LogP contribution >= 0.6 is 31.1 Å². The number of rotatable bonds is 21. The number of aromatic amines is 2. The monoisotopic (exact) mass is 1130 g/mol. The number of nitrogens with one attached hydrogen (secondary N) is 2. The van der Waals surface area contributed by atoms with Gasteiger partial charge in [0.25, 0.3) is 17.1 Å². The van der Waals surface area contributed by atoms with Crippen molar-refractivity contribution in [2.24, 2.45) is 13.0 Å². The predicted molar refractivity (Wildman–Crippen MR) is 241 cm³/mol. The summed E-state index contributed by atoms with van der Waals surface area (Å²) in [6.07, 6.45) is -11.6. The van der Waals surface area contributed by atoms with Crippen molar-refractivity contribution in [2.45, 2.75) is 74.0 Å². The second-order valence-corrected chi connectivity index (χ2v) is 23.2. The van der Waals surface area contributed by atoms with Crippen LogP contribution in [0.15, 0.2) is 45.6 Å². The summed E-state index contributed by atoms with van der Waals surface area (Å²) in [7, 11) is -20.7. The lowest BCUT2D eigenvalue weighted by Gasteiger charge is -2.28. The number of hydrogen-bond acceptors (Lipinski definition) is 26. The number of aromatic nitrogens is 10. The van der Waals surface area contributed by atoms with Gasteiger partial charge in [0.1, 0.15) is 54.1 Å². The van der Waals surface area contributed by atoms with Crippen LogP contribution in [0.25, 0.3) is 22.3 Å². The van der Waals surface area contributed by atoms with Crippen molar-refractivity contribution in [3.05, 3.63) is 62.4 Å². The number of aliphatic hydroxyl groups excluding tert-OH is 3. The van der Waals surface area contributed by atoms with E-state index in [0.717, 1.165) is 36.6 Å². The van der Waals surface area contributed by atoms with Crippen LogP contribution in [0.2, 0.25) is 0 Å². The van der Waals surface area contributed by atoms with Gasteiger partial charge in [-0.1, -0.05) is 4.98 Å². The summed E-state index contributed by atoms with van der Waals surface area (Å²) in [6.45, 7) is -1.70. The number of hydrogen-bond donors (Lipinski definition) is 11. The van der Waals surface area contributed by atoms with Gasteiger partial charge in [0.15, 0.2) is 30.2 Å². The Morgan fingerprint density at radius 1 is 0.797 bits per heavy atom. The Balaban J connectivity index is 0.959. The molecule has 16 atom stereocenters. The summed E-state index contributed by atoms with van der Waals surface area (Å²) in [6, 6.07) is 0.928. The van der Waals surface area contributed by atoms with Crippen LogP contribution in [0, 0.1) is 5.92 Å². The molecular weight excluding hydrogens is 1080 g/mol. The van der Waals surface area contributed by atoms with E-state index in [0.29, 0.717) is 0 Å². The summed E-state index contributed by atoms with van der Waals surface area (Å²) in [5.74, 6) is -1.39. The van der Waals surface area contributed by atoms with Crippen molar-refractivity contribution in [3.8, 4) is 0 Å². The minimum absolute atomic E-state index is 0.00605. The van der Waals surface area contributed by atoms with Crippen LogP contribution < -0.4 is 32.8 Å². The molecule has 8 rings (SSSR count). The van der Waals surface area contributed by atoms with Crippen molar-refractivity contribution >= 4 is 65.2 Å². The number of nitrogen functional groups attached to an aromatic ring is 2. The number of imidazole rings is 2. The number of aliphatic hydroxyl groups is 3. The SMILES string of the molecule is CCOC[C@H]1[C@@H](O)[C@H]([n+]2cn(C)c3c(=O)[nH]c(N)nc32)O[C@@H]1COP(=O)(O)OP(=O)(O)OP(=O)(O)OC[C@H]1O[C@@H](n2cnc3c(N)ncnc32)[C@H](OC)[C@@H]1P(=O)(O)OC[C@H]1O[C@@H](n2ccc(=O)[nH]c2=O)[C@H](O)[C@@H]1O. The molecule has 40 heteroatoms. The lowest BCUT2D eigenvalue weighted by atomic mass is 9.99. The Morgan fingerprint density at radius 3 is 2.12 bits per heavy atom. The second-order valence-electron chi connectivity index (χ2n) is 16.6. The van der Waals surface area contributed by atoms with Crippen molar-refractivity contribution in [1.29, 1.82) is 0 Å². The smallest absolute Gasteiger partial charge is 0.387 e. The van der Waals surface area contributed by atoms with Crippen molar-refractivity contribution in [2.75, 3.05) is 51.6 Å². The van der Waals surface area contributed by atoms with Gasteiger partial charge in [-0.15, -0.1) is 0 Å². The van der Waals surface area contributed by atoms with E-state index >= 15 is 0 Å². The van der Waals surface area contributed by atoms with E-state index in [1.54, 1.807) is 6.92 Å². The lowest BCUT2D eigenvalue weighted by Crippen LogP contribution is -2.45. The normalized spacial score (nSPS) is 30.6. The number of ether oxygens (including phenoxy) is 5. The molecular formula is C34H49N12O24P4+. The van der Waals surface area contributed by atoms with Gasteiger partial charge in [-0.25, -0.2) is 38.0 Å². The first-order valence-electron chi connectivity index (χ1n) is 21.5. The van der Waals surface area contributed by atoms with Gasteiger partial charge in [-0.3, -0.25) is 46.9 Å². The van der Waals surface area contributed by atoms with E-state index in [-0.39, 0.29) is 47.3 Å². The quantitative estimate of drug-likeness (QED) is 0.0251. The topological polar surface area (TPSA) is 507 Å². The molecule has 0 aromatic carbocycles. The summed E-state index contributed by atoms with van der Waals surface area (Å²) >= 11 is 0. The fraction of sp³-hybridized carbons (Fsp3) is 0.588. The molecule has 5 aromatic heterocycles. The van der Waals surface area contributed by atoms with Gasteiger partial charge >= 0.3 is 42.4 Å². The average Bonchev–Trinajstić information content (AvgIpc) is 4.12. The molecule has 3 saturated heterocycles. The van der Waals surface area contributed by atoms with E-state index in [9.17, 15) is 67.5 Å². The number of methoxy groups -OCH3 is 1. The number of aryl methyl sites for hydroxylation is 1. The number of phosphoric ester groups is 2. The summed E-state index contributed by atoms with van der Waals surface area (Å²) in [5, 5.41) is 32.8. The number of H-pyrrole nitrogens is 2. The molecule has 0 bridgehead atoms. The lowest BCUT2D eigenvalue weighted by molar-refractivity contribution is -0.745. The minimum Gasteiger partial charge on any atom is -0.387 e. The van der Waals surface area contributed by atoms with Crippen molar-refractivity contribution in [1.82, 2.24) is 43.6 Å². The van der Waals surface area contributed by atoms with E-state index in [2.05, 4.69) is 33.5 Å². The molecule has 0 amide bonds. The van der Waals surface area contributed by atoms with Crippen LogP contribution in [-0.2, 0) is 71.2 Å². The average molecular weight is 1130 g/mol. The molecule has 36 nitrogen and oxygen atoms in total. The van der Waals surface area contributed by atoms with Crippen molar-refractivity contribution in [3.63, 3.8) is 0 Å². The standard InChI is InChI=1S/C34H48N12O24P4/c1-4-62-7-14-15(66-30(21(14)48)46-13-43(2)20-28(46)41-33(36)42-29(20)51)8-64-72(55,56)69-74(59,60)70-73(57,58)65-10-17-25(24(61-3)32(68-17)45-12-39-19-26(35)37-11-38-27(19)45)71(53,54)63-9-16-22(49)23(50)31(67-16)44-6-5-18(47)40-34(44)52/h5-6,11-17,21-25,30-32,48-50H,4,7-10H2,1-3H3,(H9-,35,36,37,38,40,41,42,47,51,52,53,54,55,56,57,58,59,60)/p+1/t14-,15-,16-,17-,21-,22-,23-,24-,25-,30-,31-,32-/m1/s1. The third-order valence-electron chi connectivity index (χ3n) is 11.8. The molecule has 3 aliphatic rings. The minimum atomic E-state index is -6.19. The Kier molecular flexibility index (Phi) is 16.1. The summed E-state index contributed by atoms with van der Waals surface area (Å²) in [5.41, 5.74) is 7.32. The highest BCUT2D eigenvalue weighted by Gasteiger charge is 2.58. The molecule has 4 unspecified atom stereocenters. The molecule has 13 N–H and O–H groups in total. The highest BCUT2D eigenvalue weighted by atomic mass is 31.3. The second kappa shape index (κ2) is 21.4. The zero-order valence-electron chi connectivity index (χ0n) is 38.4. The van der Waals surface area contributed by atoms with Gasteiger partial charge in [0.05, 0.1) is 45.9 Å². The Labute approximate surface area is 412 Å². The number of nitrogens with zero attached hydrogens (tertiary/aromatic N) is 8. The molecule has 408 valence electrons. The van der Waals surface area contributed by atoms with E-state index in [4.69, 9.17) is 48.7 Å². The third-order valence-corrected chi connectivity index (χ3v) is 18.0. The number of nitrogens with two attached hydrogens (primary N) is 2. The first kappa shape index (κ1) is 55.6. The van der Waals surface area contributed by atoms with Crippen LogP contribution in [0.4, 0.5) is 11.8 Å². The fourth-order valence-corrected chi connectivity index (χ4v) is 13.8. The fourth-order valence-electron chi connectivity index (χ4n) is 8.54. The predicted octanol–water partition coefficient (Wildman–Crippen LogP) is -3.52. The molecule has 0 spiro atoms. The highest BCUT2D eigenvalue weighted by molar-refractivity contribution is 7.66. The number of fused-ring (bicyclic) bond motifs is 2. The Hall–Kier alpha value is -4.58. The zero-order chi connectivity index (χ0) is 53.8. The molecule has 5 aromatic rings. The first-order chi connectivity index (χ1) is 34.7. The molecule has 74 heavy (non-hydrogen) atoms. The van der Waals surface area contributed by atoms with Gasteiger partial charge in [-0.05, 0) is 6.92 Å². The Morgan fingerprint density at radius 2 is 1.46 bits per heavy atom. The zero-order valence-corrected chi connectivity index (χ0v) is 42.0. The molecule has 0 radical (unpaired) electrons. The van der Waals surface area contributed by atoms with Crippen LogP contribution in [0.3, 0.4) is 0 Å². The number of anilines is 2. The molecule has 8 heterocycles. The highest BCUT2D eigenvalue weighted by Crippen LogP contribution is 2.68. The Bertz CT molecular complexity index is 3260. The van der Waals surface area contributed by atoms with E-state index < -0.39 is 141 Å². The molecule has 3 fully saturated rings. The summed E-state index contributed by atoms with van der Waals surface area (Å²) in [4.78, 5) is 100. The van der Waals surface area contributed by atoms with E-state index in [1.165, 1.54) is 27.1 Å². The molecule has 3 aliphatic heterocycles. The first-order valence-corrected chi connectivity index (χ1v) is 27.7. The third kappa shape index (κ3) is 11.4. The maximum atomic E-state index is 14.3. The molecule has 0 saturated carbocycles. The van der Waals surface area contributed by atoms with Crippen LogP contribution in [-0.4, -0.2) is 167 Å². The van der Waals surface area contributed by atoms with Gasteiger partial charge in [0.2, 0.25) is 11.7 Å². The van der Waals surface area contributed by atoms with E-state index in [1.807, 2.05) is 4.98 Å². The maximum absolute atomic E-state index is 14.3. The van der Waals surface area contributed by atoms with Gasteiger partial charge in [-0.2, -0.15) is 8.62 Å². The number of phosphoric acid groups is 3. The summed E-state index contributed by atoms with van der Waals surface area (Å²) < 4.78 is 111. The largest absolute Gasteiger partial charge is 0.490 e.